The summed E-state index contributed by atoms with van der Waals surface area (Å²) in [4.78, 5) is 71.5. The van der Waals surface area contributed by atoms with Crippen molar-refractivity contribution in [1.82, 2.24) is 40.4 Å². The highest BCUT2D eigenvalue weighted by Gasteiger charge is 2.58. The molecule has 58 heavy (non-hydrogen) atoms. The van der Waals surface area contributed by atoms with E-state index in [1.807, 2.05) is 48.5 Å². The number of amides is 4. The molecule has 4 fully saturated rings. The second-order valence-electron chi connectivity index (χ2n) is 17.1. The number of methoxy groups -OCH3 is 2. The SMILES string of the molecule is COC(=O)N[C@H](C(=O)N1[C@H](c2ncc(-c3ccc(-c4ccc(-c5cnc([C@@H]6C[C@@H]7C[C@@H]7N6C(=O)[C@@H](NC(=O)OC)C(C)(C)O)[nH]5)cc4)cc3)[nH]2)C[C@@H]2C[C@@H]21)C(C)(C)O. The van der Waals surface area contributed by atoms with Crippen molar-refractivity contribution in [2.75, 3.05) is 14.2 Å². The maximum Gasteiger partial charge on any atom is 0.407 e. The third kappa shape index (κ3) is 7.41. The first-order valence-electron chi connectivity index (χ1n) is 19.6. The zero-order chi connectivity index (χ0) is 41.3. The summed E-state index contributed by atoms with van der Waals surface area (Å²) in [7, 11) is 2.43. The predicted octanol–water partition coefficient (Wildman–Crippen LogP) is 4.45. The summed E-state index contributed by atoms with van der Waals surface area (Å²) in [6.45, 7) is 5.96. The number of ether oxygens (including phenoxy) is 2. The lowest BCUT2D eigenvalue weighted by Crippen LogP contribution is -2.59. The normalized spacial score (nSPS) is 24.3. The van der Waals surface area contributed by atoms with E-state index in [0.29, 0.717) is 23.5 Å². The van der Waals surface area contributed by atoms with Gasteiger partial charge in [0.25, 0.3) is 0 Å². The van der Waals surface area contributed by atoms with Crippen molar-refractivity contribution in [3.63, 3.8) is 0 Å². The molecule has 2 saturated heterocycles. The molecule has 2 aromatic carbocycles. The number of aliphatic hydroxyl groups is 2. The van der Waals surface area contributed by atoms with Crippen LogP contribution in [0.4, 0.5) is 9.59 Å². The van der Waals surface area contributed by atoms with Gasteiger partial charge in [0.1, 0.15) is 23.7 Å². The Morgan fingerprint density at radius 1 is 0.638 bits per heavy atom. The van der Waals surface area contributed by atoms with E-state index in [2.05, 4.69) is 30.6 Å². The Labute approximate surface area is 335 Å². The minimum atomic E-state index is -1.51. The third-order valence-electron chi connectivity index (χ3n) is 12.1. The van der Waals surface area contributed by atoms with E-state index >= 15 is 0 Å². The van der Waals surface area contributed by atoms with Crippen LogP contribution in [0, 0.1) is 11.8 Å². The molecule has 4 amide bonds. The molecule has 2 saturated carbocycles. The summed E-state index contributed by atoms with van der Waals surface area (Å²) < 4.78 is 9.44. The van der Waals surface area contributed by atoms with Crippen LogP contribution >= 0.6 is 0 Å². The third-order valence-corrected chi connectivity index (χ3v) is 12.1. The number of hydrogen-bond donors (Lipinski definition) is 6. The number of carbonyl (C=O) groups excluding carboxylic acids is 4. The van der Waals surface area contributed by atoms with Crippen molar-refractivity contribution in [1.29, 1.82) is 0 Å². The topological polar surface area (TPSA) is 215 Å². The zero-order valence-corrected chi connectivity index (χ0v) is 33.4. The van der Waals surface area contributed by atoms with Gasteiger partial charge in [0, 0.05) is 12.1 Å². The Bertz CT molecular complexity index is 2050. The van der Waals surface area contributed by atoms with Crippen LogP contribution in [-0.4, -0.2) is 114 Å². The van der Waals surface area contributed by atoms with Crippen molar-refractivity contribution in [2.45, 2.75) is 101 Å². The number of alkyl carbamates (subject to hydrolysis) is 2. The number of nitrogens with one attached hydrogen (secondary N) is 4. The molecular formula is C42H50N8O8. The number of carbonyl (C=O) groups is 4. The Morgan fingerprint density at radius 2 is 0.983 bits per heavy atom. The Balaban J connectivity index is 0.938. The molecule has 2 aliphatic carbocycles. The molecule has 2 aliphatic heterocycles. The van der Waals surface area contributed by atoms with Crippen LogP contribution in [0.5, 0.6) is 0 Å². The van der Waals surface area contributed by atoms with Gasteiger partial charge < -0.3 is 50.1 Å². The molecule has 8 atom stereocenters. The number of likely N-dealkylation sites (tertiary alicyclic amines) is 2. The smallest absolute Gasteiger partial charge is 0.407 e. The van der Waals surface area contributed by atoms with Crippen LogP contribution in [0.1, 0.15) is 77.1 Å². The van der Waals surface area contributed by atoms with Crippen molar-refractivity contribution in [3.05, 3.63) is 72.6 Å². The molecule has 4 aliphatic rings. The first kappa shape index (κ1) is 39.1. The lowest BCUT2D eigenvalue weighted by atomic mass is 9.97. The van der Waals surface area contributed by atoms with Gasteiger partial charge in [-0.1, -0.05) is 48.5 Å². The molecule has 8 rings (SSSR count). The monoisotopic (exact) mass is 794 g/mol. The lowest BCUT2D eigenvalue weighted by molar-refractivity contribution is -0.142. The fraction of sp³-hybridized carbons (Fsp3) is 0.476. The van der Waals surface area contributed by atoms with E-state index in [-0.39, 0.29) is 36.0 Å². The number of H-pyrrole nitrogens is 2. The molecule has 0 bridgehead atoms. The van der Waals surface area contributed by atoms with Crippen molar-refractivity contribution < 1.29 is 38.9 Å². The number of fused-ring (bicyclic) bond motifs is 2. The van der Waals surface area contributed by atoms with Crippen LogP contribution in [0.2, 0.25) is 0 Å². The fourth-order valence-corrected chi connectivity index (χ4v) is 8.76. The minimum absolute atomic E-state index is 0.0339. The highest BCUT2D eigenvalue weighted by molar-refractivity contribution is 5.89. The number of piperidine rings is 2. The van der Waals surface area contributed by atoms with E-state index in [1.165, 1.54) is 41.9 Å². The zero-order valence-electron chi connectivity index (χ0n) is 33.4. The van der Waals surface area contributed by atoms with Crippen molar-refractivity contribution in [2.24, 2.45) is 11.8 Å². The second kappa shape index (κ2) is 14.6. The van der Waals surface area contributed by atoms with Crippen molar-refractivity contribution >= 4 is 24.0 Å². The average molecular weight is 795 g/mol. The number of hydrogen-bond acceptors (Lipinski definition) is 10. The number of aromatic nitrogens is 4. The van der Waals surface area contributed by atoms with Crippen LogP contribution < -0.4 is 10.6 Å². The molecular weight excluding hydrogens is 745 g/mol. The van der Waals surface area contributed by atoms with Crippen LogP contribution in [0.15, 0.2) is 60.9 Å². The molecule has 4 aromatic rings. The maximum atomic E-state index is 13.8. The highest BCUT2D eigenvalue weighted by Crippen LogP contribution is 2.54. The quantitative estimate of drug-likeness (QED) is 0.126. The summed E-state index contributed by atoms with van der Waals surface area (Å²) >= 11 is 0. The van der Waals surface area contributed by atoms with E-state index in [0.717, 1.165) is 59.3 Å². The van der Waals surface area contributed by atoms with Gasteiger partial charge in [-0.15, -0.1) is 0 Å². The van der Waals surface area contributed by atoms with Crippen LogP contribution in [0.25, 0.3) is 33.6 Å². The number of rotatable bonds is 11. The van der Waals surface area contributed by atoms with Gasteiger partial charge in [-0.25, -0.2) is 19.6 Å². The Morgan fingerprint density at radius 3 is 1.31 bits per heavy atom. The van der Waals surface area contributed by atoms with Gasteiger partial charge in [0.15, 0.2) is 0 Å². The van der Waals surface area contributed by atoms with E-state index in [1.54, 1.807) is 22.2 Å². The Hall–Kier alpha value is -5.74. The molecule has 16 nitrogen and oxygen atoms in total. The van der Waals surface area contributed by atoms with Gasteiger partial charge in [0.05, 0.1) is 61.3 Å². The van der Waals surface area contributed by atoms with Gasteiger partial charge in [0.2, 0.25) is 11.8 Å². The van der Waals surface area contributed by atoms with Gasteiger partial charge in [-0.3, -0.25) is 9.59 Å². The molecule has 6 N–H and O–H groups in total. The van der Waals surface area contributed by atoms with Gasteiger partial charge >= 0.3 is 12.2 Å². The molecule has 0 radical (unpaired) electrons. The Kier molecular flexibility index (Phi) is 9.83. The molecule has 2 aromatic heterocycles. The highest BCUT2D eigenvalue weighted by atomic mass is 16.5. The number of imidazole rings is 2. The second-order valence-corrected chi connectivity index (χ2v) is 17.1. The maximum absolute atomic E-state index is 13.8. The summed E-state index contributed by atoms with van der Waals surface area (Å²) in [5, 5.41) is 26.6. The number of nitrogens with zero attached hydrogens (tertiary/aromatic N) is 4. The fourth-order valence-electron chi connectivity index (χ4n) is 8.76. The van der Waals surface area contributed by atoms with E-state index in [4.69, 9.17) is 9.47 Å². The number of aromatic amines is 2. The molecule has 16 heteroatoms. The summed E-state index contributed by atoms with van der Waals surface area (Å²) in [5.41, 5.74) is 2.48. The molecule has 0 spiro atoms. The molecule has 306 valence electrons. The largest absolute Gasteiger partial charge is 0.453 e. The standard InChI is InChI=1S/C42H50N8O8/c1-41(2,55)33(47-39(53)57-5)37(51)49-29-15-25(29)17-31(49)35-43-19-27(45-35)23-11-7-21(8-12-23)22-9-13-24(14-10-22)28-20-44-36(46-28)32-18-26-16-30(26)50(32)38(52)34(42(3,4)56)48-40(54)58-6/h7-14,19-20,25-26,29-34,55-56H,15-18H2,1-6H3,(H,43,45)(H,44,46)(H,47,53)(H,48,54)/t25-,26-,29-,30-,31-,32-,33+,34+/m0/s1. The first-order valence-corrected chi connectivity index (χ1v) is 19.6. The molecule has 0 unspecified atom stereocenters. The van der Waals surface area contributed by atoms with Gasteiger partial charge in [-0.05, 0) is 87.5 Å². The molecule has 4 heterocycles. The predicted molar refractivity (Wildman–Crippen MR) is 210 cm³/mol. The van der Waals surface area contributed by atoms with Crippen LogP contribution in [-0.2, 0) is 19.1 Å². The van der Waals surface area contributed by atoms with E-state index in [9.17, 15) is 29.4 Å². The lowest BCUT2D eigenvalue weighted by Gasteiger charge is -2.35. The van der Waals surface area contributed by atoms with Crippen LogP contribution in [0.3, 0.4) is 0 Å². The summed E-state index contributed by atoms with van der Waals surface area (Å²) in [5.74, 6) is 1.26. The van der Waals surface area contributed by atoms with E-state index < -0.39 is 35.5 Å². The summed E-state index contributed by atoms with van der Waals surface area (Å²) in [6, 6.07) is 13.3. The minimum Gasteiger partial charge on any atom is -0.453 e. The number of benzene rings is 2. The van der Waals surface area contributed by atoms with Crippen molar-refractivity contribution in [3.8, 4) is 33.6 Å². The average Bonchev–Trinajstić information content (AvgIpc) is 3.78. The van der Waals surface area contributed by atoms with Gasteiger partial charge in [-0.2, -0.15) is 0 Å². The first-order chi connectivity index (χ1) is 27.5. The summed E-state index contributed by atoms with van der Waals surface area (Å²) in [6.07, 6.45) is 5.20.